The van der Waals surface area contributed by atoms with E-state index in [-0.39, 0.29) is 12.0 Å². The van der Waals surface area contributed by atoms with Crippen LogP contribution in [0.5, 0.6) is 0 Å². The van der Waals surface area contributed by atoms with E-state index >= 15 is 0 Å². The first-order valence-corrected chi connectivity index (χ1v) is 7.04. The average Bonchev–Trinajstić information content (AvgIpc) is 2.73. The second-order valence-corrected chi connectivity index (χ2v) is 5.72. The van der Waals surface area contributed by atoms with Gasteiger partial charge in [0.25, 0.3) is 0 Å². The fourth-order valence-electron chi connectivity index (χ4n) is 2.46. The van der Waals surface area contributed by atoms with Crippen LogP contribution < -0.4 is 0 Å². The largest absolute Gasteiger partial charge is 0.378 e. The number of fused-ring (bicyclic) bond motifs is 1. The van der Waals surface area contributed by atoms with E-state index in [4.69, 9.17) is 4.74 Å². The van der Waals surface area contributed by atoms with Gasteiger partial charge >= 0.3 is 0 Å². The Labute approximate surface area is 115 Å². The zero-order valence-corrected chi connectivity index (χ0v) is 12.1. The van der Waals surface area contributed by atoms with Gasteiger partial charge in [-0.1, -0.05) is 13.8 Å². The second kappa shape index (κ2) is 6.24. The van der Waals surface area contributed by atoms with Gasteiger partial charge in [0.15, 0.2) is 0 Å². The van der Waals surface area contributed by atoms with Crippen LogP contribution >= 0.6 is 0 Å². The lowest BCUT2D eigenvalue weighted by Gasteiger charge is -2.23. The van der Waals surface area contributed by atoms with Gasteiger partial charge in [0.1, 0.15) is 0 Å². The Morgan fingerprint density at radius 1 is 1.47 bits per heavy atom. The Kier molecular flexibility index (Phi) is 4.64. The van der Waals surface area contributed by atoms with Gasteiger partial charge in [0.05, 0.1) is 19.2 Å². The van der Waals surface area contributed by atoms with Crippen molar-refractivity contribution in [3.8, 4) is 0 Å². The lowest BCUT2D eigenvalue weighted by molar-refractivity contribution is -0.133. The molecular formula is C15H24N2O2. The van der Waals surface area contributed by atoms with Crippen LogP contribution in [-0.2, 0) is 22.6 Å². The van der Waals surface area contributed by atoms with E-state index in [0.717, 1.165) is 13.0 Å². The molecule has 0 aliphatic carbocycles. The van der Waals surface area contributed by atoms with Gasteiger partial charge in [0, 0.05) is 32.0 Å². The van der Waals surface area contributed by atoms with E-state index in [9.17, 15) is 4.79 Å². The Morgan fingerprint density at radius 2 is 2.26 bits per heavy atom. The quantitative estimate of drug-likeness (QED) is 0.836. The van der Waals surface area contributed by atoms with Gasteiger partial charge in [-0.05, 0) is 24.5 Å². The SMILES string of the molecule is CO[C@H]1CN(C(=O)CCC(C)C)Cc2cccn2C1. The molecule has 0 fully saturated rings. The molecule has 0 radical (unpaired) electrons. The normalized spacial score (nSPS) is 19.4. The lowest BCUT2D eigenvalue weighted by Crippen LogP contribution is -2.36. The number of hydrogen-bond donors (Lipinski definition) is 0. The Balaban J connectivity index is 2.06. The van der Waals surface area contributed by atoms with Gasteiger partial charge < -0.3 is 14.2 Å². The van der Waals surface area contributed by atoms with Crippen LogP contribution in [0.2, 0.25) is 0 Å². The van der Waals surface area contributed by atoms with Crippen molar-refractivity contribution in [2.24, 2.45) is 5.92 Å². The zero-order chi connectivity index (χ0) is 13.8. The van der Waals surface area contributed by atoms with Crippen LogP contribution in [-0.4, -0.2) is 35.1 Å². The molecule has 2 heterocycles. The van der Waals surface area contributed by atoms with Crippen LogP contribution in [0.1, 0.15) is 32.4 Å². The Hall–Kier alpha value is -1.29. The van der Waals surface area contributed by atoms with Crippen molar-refractivity contribution in [2.45, 2.75) is 45.9 Å². The molecule has 4 heteroatoms. The Bertz CT molecular complexity index is 426. The molecule has 1 aromatic heterocycles. The highest BCUT2D eigenvalue weighted by atomic mass is 16.5. The lowest BCUT2D eigenvalue weighted by atomic mass is 10.1. The molecule has 0 unspecified atom stereocenters. The number of nitrogens with zero attached hydrogens (tertiary/aromatic N) is 2. The molecule has 0 bridgehead atoms. The van der Waals surface area contributed by atoms with Gasteiger partial charge in [-0.2, -0.15) is 0 Å². The average molecular weight is 264 g/mol. The molecule has 4 nitrogen and oxygen atoms in total. The van der Waals surface area contributed by atoms with Crippen LogP contribution in [0.15, 0.2) is 18.3 Å². The van der Waals surface area contributed by atoms with Crippen molar-refractivity contribution in [1.29, 1.82) is 0 Å². The number of aromatic nitrogens is 1. The van der Waals surface area contributed by atoms with E-state index < -0.39 is 0 Å². The predicted molar refractivity (Wildman–Crippen MR) is 74.7 cm³/mol. The summed E-state index contributed by atoms with van der Waals surface area (Å²) in [7, 11) is 1.72. The van der Waals surface area contributed by atoms with Crippen LogP contribution in [0, 0.1) is 5.92 Å². The van der Waals surface area contributed by atoms with Crippen LogP contribution in [0.3, 0.4) is 0 Å². The number of amides is 1. The van der Waals surface area contributed by atoms with Gasteiger partial charge in [-0.25, -0.2) is 0 Å². The van der Waals surface area contributed by atoms with Crippen LogP contribution in [0.25, 0.3) is 0 Å². The Morgan fingerprint density at radius 3 is 2.95 bits per heavy atom. The van der Waals surface area contributed by atoms with Crippen molar-refractivity contribution in [3.05, 3.63) is 24.0 Å². The molecule has 1 aliphatic rings. The molecule has 1 atom stereocenters. The third kappa shape index (κ3) is 3.60. The van der Waals surface area contributed by atoms with E-state index in [0.29, 0.717) is 25.4 Å². The third-order valence-electron chi connectivity index (χ3n) is 3.72. The minimum atomic E-state index is 0.0802. The van der Waals surface area contributed by atoms with E-state index in [1.165, 1.54) is 5.69 Å². The first-order valence-electron chi connectivity index (χ1n) is 7.04. The summed E-state index contributed by atoms with van der Waals surface area (Å²) in [5.41, 5.74) is 1.19. The predicted octanol–water partition coefficient (Wildman–Crippen LogP) is 2.28. The highest BCUT2D eigenvalue weighted by molar-refractivity contribution is 5.76. The molecule has 106 valence electrons. The summed E-state index contributed by atoms with van der Waals surface area (Å²) >= 11 is 0. The number of rotatable bonds is 4. The molecule has 1 aromatic rings. The van der Waals surface area contributed by atoms with Gasteiger partial charge in [0.2, 0.25) is 5.91 Å². The number of carbonyl (C=O) groups is 1. The summed E-state index contributed by atoms with van der Waals surface area (Å²) in [5.74, 6) is 0.809. The zero-order valence-electron chi connectivity index (χ0n) is 12.1. The fourth-order valence-corrected chi connectivity index (χ4v) is 2.46. The van der Waals surface area contributed by atoms with Crippen molar-refractivity contribution in [3.63, 3.8) is 0 Å². The molecule has 0 N–H and O–H groups in total. The maximum Gasteiger partial charge on any atom is 0.223 e. The number of ether oxygens (including phenoxy) is 1. The first kappa shape index (κ1) is 14.1. The second-order valence-electron chi connectivity index (χ2n) is 5.72. The summed E-state index contributed by atoms with van der Waals surface area (Å²) < 4.78 is 7.67. The number of methoxy groups -OCH3 is 1. The summed E-state index contributed by atoms with van der Waals surface area (Å²) in [5, 5.41) is 0. The fraction of sp³-hybridized carbons (Fsp3) is 0.667. The number of hydrogen-bond acceptors (Lipinski definition) is 2. The molecule has 0 aromatic carbocycles. The van der Waals surface area contributed by atoms with Crippen molar-refractivity contribution in [1.82, 2.24) is 9.47 Å². The van der Waals surface area contributed by atoms with Crippen molar-refractivity contribution in [2.75, 3.05) is 13.7 Å². The monoisotopic (exact) mass is 264 g/mol. The van der Waals surface area contributed by atoms with Gasteiger partial charge in [-0.3, -0.25) is 4.79 Å². The standard InChI is InChI=1S/C15H24N2O2/c1-12(2)6-7-15(18)17-9-13-5-4-8-16(13)10-14(11-17)19-3/h4-5,8,12,14H,6-7,9-11H2,1-3H3/t14-/m1/s1. The molecule has 0 saturated carbocycles. The first-order chi connectivity index (χ1) is 9.10. The molecule has 0 spiro atoms. The molecule has 1 aliphatic heterocycles. The molecule has 0 saturated heterocycles. The maximum atomic E-state index is 12.3. The summed E-state index contributed by atoms with van der Waals surface area (Å²) in [6, 6.07) is 4.12. The summed E-state index contributed by atoms with van der Waals surface area (Å²) in [4.78, 5) is 14.2. The van der Waals surface area contributed by atoms with E-state index in [2.05, 4.69) is 30.7 Å². The summed E-state index contributed by atoms with van der Waals surface area (Å²) in [6.07, 6.45) is 3.73. The topological polar surface area (TPSA) is 34.5 Å². The highest BCUT2D eigenvalue weighted by Crippen LogP contribution is 2.17. The summed E-state index contributed by atoms with van der Waals surface area (Å²) in [6.45, 7) is 6.52. The van der Waals surface area contributed by atoms with Gasteiger partial charge in [-0.15, -0.1) is 0 Å². The highest BCUT2D eigenvalue weighted by Gasteiger charge is 2.24. The number of carbonyl (C=O) groups excluding carboxylic acids is 1. The smallest absolute Gasteiger partial charge is 0.223 e. The van der Waals surface area contributed by atoms with Crippen LogP contribution in [0.4, 0.5) is 0 Å². The minimum Gasteiger partial charge on any atom is -0.378 e. The minimum absolute atomic E-state index is 0.0802. The maximum absolute atomic E-state index is 12.3. The molecule has 19 heavy (non-hydrogen) atoms. The third-order valence-corrected chi connectivity index (χ3v) is 3.72. The molecule has 1 amide bonds. The van der Waals surface area contributed by atoms with Crippen molar-refractivity contribution < 1.29 is 9.53 Å². The van der Waals surface area contributed by atoms with E-state index in [1.807, 2.05) is 11.0 Å². The molecular weight excluding hydrogens is 240 g/mol. The van der Waals surface area contributed by atoms with E-state index in [1.54, 1.807) is 7.11 Å². The van der Waals surface area contributed by atoms with Crippen molar-refractivity contribution >= 4 is 5.91 Å². The molecule has 2 rings (SSSR count).